The molecular weight excluding hydrogens is 300 g/mol. The molecule has 0 spiro atoms. The van der Waals surface area contributed by atoms with E-state index in [1.807, 2.05) is 4.90 Å². The average Bonchev–Trinajstić information content (AvgIpc) is 2.62. The highest BCUT2D eigenvalue weighted by Gasteiger charge is 2.30. The van der Waals surface area contributed by atoms with Gasteiger partial charge >= 0.3 is 0 Å². The fourth-order valence-electron chi connectivity index (χ4n) is 3.72. The van der Waals surface area contributed by atoms with Crippen LogP contribution in [-0.2, 0) is 4.79 Å². The van der Waals surface area contributed by atoms with Crippen LogP contribution in [0.15, 0.2) is 24.3 Å². The van der Waals surface area contributed by atoms with E-state index in [1.54, 1.807) is 0 Å². The van der Waals surface area contributed by atoms with Gasteiger partial charge < -0.3 is 14.7 Å². The first-order valence-electron chi connectivity index (χ1n) is 9.08. The second-order valence-corrected chi connectivity index (χ2v) is 7.11. The largest absolute Gasteiger partial charge is 0.369 e. The standard InChI is InChI=1S/C19H30N4O/c1-16-6-4-5-7-18(16)22-14-12-21(13-15-22)17(2)19(24)23-10-8-20(3)9-11-23/h4-7,17H,8-15H2,1-3H3. The first-order valence-corrected chi connectivity index (χ1v) is 9.08. The lowest BCUT2D eigenvalue weighted by Crippen LogP contribution is -2.57. The summed E-state index contributed by atoms with van der Waals surface area (Å²) in [6.45, 7) is 11.8. The van der Waals surface area contributed by atoms with Crippen LogP contribution in [-0.4, -0.2) is 86.1 Å². The predicted molar refractivity (Wildman–Crippen MR) is 98.5 cm³/mol. The molecule has 5 nitrogen and oxygen atoms in total. The third-order valence-corrected chi connectivity index (χ3v) is 5.49. The van der Waals surface area contributed by atoms with Crippen molar-refractivity contribution in [3.05, 3.63) is 29.8 Å². The van der Waals surface area contributed by atoms with Gasteiger partial charge in [-0.1, -0.05) is 18.2 Å². The van der Waals surface area contributed by atoms with E-state index in [1.165, 1.54) is 11.3 Å². The van der Waals surface area contributed by atoms with Crippen molar-refractivity contribution in [1.29, 1.82) is 0 Å². The SMILES string of the molecule is Cc1ccccc1N1CCN(C(C)C(=O)N2CCN(C)CC2)CC1. The molecule has 0 N–H and O–H groups in total. The molecule has 132 valence electrons. The summed E-state index contributed by atoms with van der Waals surface area (Å²) in [6.07, 6.45) is 0. The zero-order valence-electron chi connectivity index (χ0n) is 15.2. The van der Waals surface area contributed by atoms with Crippen LogP contribution in [0.5, 0.6) is 0 Å². The van der Waals surface area contributed by atoms with E-state index in [0.29, 0.717) is 5.91 Å². The monoisotopic (exact) mass is 330 g/mol. The van der Waals surface area contributed by atoms with E-state index < -0.39 is 0 Å². The van der Waals surface area contributed by atoms with Crippen LogP contribution in [0.3, 0.4) is 0 Å². The third kappa shape index (κ3) is 3.73. The van der Waals surface area contributed by atoms with Gasteiger partial charge in [-0.3, -0.25) is 9.69 Å². The van der Waals surface area contributed by atoms with Crippen molar-refractivity contribution in [3.63, 3.8) is 0 Å². The molecule has 1 amide bonds. The minimum absolute atomic E-state index is 0.00701. The van der Waals surface area contributed by atoms with E-state index in [9.17, 15) is 4.79 Å². The quantitative estimate of drug-likeness (QED) is 0.835. The van der Waals surface area contributed by atoms with Crippen LogP contribution in [0, 0.1) is 6.92 Å². The van der Waals surface area contributed by atoms with Crippen molar-refractivity contribution >= 4 is 11.6 Å². The fourth-order valence-corrected chi connectivity index (χ4v) is 3.72. The molecule has 1 aromatic carbocycles. The van der Waals surface area contributed by atoms with Crippen molar-refractivity contribution in [3.8, 4) is 0 Å². The normalized spacial score (nSPS) is 21.8. The topological polar surface area (TPSA) is 30.0 Å². The van der Waals surface area contributed by atoms with Crippen molar-refractivity contribution < 1.29 is 4.79 Å². The lowest BCUT2D eigenvalue weighted by atomic mass is 10.1. The van der Waals surface area contributed by atoms with Crippen LogP contribution < -0.4 is 4.90 Å². The summed E-state index contributed by atoms with van der Waals surface area (Å²) in [7, 11) is 2.12. The molecule has 0 radical (unpaired) electrons. The number of benzene rings is 1. The van der Waals surface area contributed by atoms with Gasteiger partial charge in [0, 0.05) is 58.0 Å². The number of aryl methyl sites for hydroxylation is 1. The summed E-state index contributed by atoms with van der Waals surface area (Å²) >= 11 is 0. The Bertz CT molecular complexity index is 560. The molecule has 2 aliphatic heterocycles. The molecule has 3 rings (SSSR count). The maximum absolute atomic E-state index is 12.8. The zero-order valence-corrected chi connectivity index (χ0v) is 15.2. The summed E-state index contributed by atoms with van der Waals surface area (Å²) < 4.78 is 0. The van der Waals surface area contributed by atoms with E-state index >= 15 is 0 Å². The molecule has 0 aromatic heterocycles. The Morgan fingerprint density at radius 1 is 0.958 bits per heavy atom. The Balaban J connectivity index is 1.54. The smallest absolute Gasteiger partial charge is 0.239 e. The van der Waals surface area contributed by atoms with Gasteiger partial charge in [0.15, 0.2) is 0 Å². The molecule has 2 aliphatic rings. The highest BCUT2D eigenvalue weighted by atomic mass is 16.2. The number of hydrogen-bond donors (Lipinski definition) is 0. The van der Waals surface area contributed by atoms with E-state index in [0.717, 1.165) is 52.4 Å². The van der Waals surface area contributed by atoms with Gasteiger partial charge in [-0.25, -0.2) is 0 Å². The van der Waals surface area contributed by atoms with Crippen molar-refractivity contribution in [2.24, 2.45) is 0 Å². The minimum Gasteiger partial charge on any atom is -0.369 e. The second-order valence-electron chi connectivity index (χ2n) is 7.11. The minimum atomic E-state index is -0.00701. The maximum Gasteiger partial charge on any atom is 0.239 e. The van der Waals surface area contributed by atoms with Crippen LogP contribution in [0.2, 0.25) is 0 Å². The van der Waals surface area contributed by atoms with Gasteiger partial charge in [-0.2, -0.15) is 0 Å². The Labute approximate surface area is 145 Å². The number of rotatable bonds is 3. The molecule has 24 heavy (non-hydrogen) atoms. The predicted octanol–water partition coefficient (Wildman–Crippen LogP) is 1.28. The summed E-state index contributed by atoms with van der Waals surface area (Å²) in [6, 6.07) is 8.55. The number of amides is 1. The summed E-state index contributed by atoms with van der Waals surface area (Å²) in [5.41, 5.74) is 2.66. The molecule has 0 bridgehead atoms. The molecule has 1 aromatic rings. The molecule has 0 aliphatic carbocycles. The number of likely N-dealkylation sites (N-methyl/N-ethyl adjacent to an activating group) is 1. The summed E-state index contributed by atoms with van der Waals surface area (Å²) in [4.78, 5) is 21.9. The first-order chi connectivity index (χ1) is 11.6. The van der Waals surface area contributed by atoms with Crippen LogP contribution >= 0.6 is 0 Å². The summed E-state index contributed by atoms with van der Waals surface area (Å²) in [5, 5.41) is 0. The van der Waals surface area contributed by atoms with Crippen LogP contribution in [0.25, 0.3) is 0 Å². The highest BCUT2D eigenvalue weighted by Crippen LogP contribution is 2.21. The van der Waals surface area contributed by atoms with Crippen molar-refractivity contribution in [2.75, 3.05) is 64.3 Å². The molecule has 2 fully saturated rings. The Morgan fingerprint density at radius 3 is 2.21 bits per heavy atom. The second kappa shape index (κ2) is 7.53. The first kappa shape index (κ1) is 17.2. The molecule has 0 saturated carbocycles. The molecule has 1 atom stereocenters. The Kier molecular flexibility index (Phi) is 5.41. The van der Waals surface area contributed by atoms with Gasteiger partial charge in [-0.15, -0.1) is 0 Å². The molecule has 2 saturated heterocycles. The van der Waals surface area contributed by atoms with Gasteiger partial charge in [0.2, 0.25) is 5.91 Å². The summed E-state index contributed by atoms with van der Waals surface area (Å²) in [5.74, 6) is 0.299. The van der Waals surface area contributed by atoms with Crippen LogP contribution in [0.4, 0.5) is 5.69 Å². The fraction of sp³-hybridized carbons (Fsp3) is 0.632. The number of carbonyl (C=O) groups excluding carboxylic acids is 1. The molecule has 5 heteroatoms. The molecule has 1 unspecified atom stereocenters. The Hall–Kier alpha value is -1.59. The van der Waals surface area contributed by atoms with E-state index in [4.69, 9.17) is 0 Å². The maximum atomic E-state index is 12.8. The number of hydrogen-bond acceptors (Lipinski definition) is 4. The lowest BCUT2D eigenvalue weighted by molar-refractivity contribution is -0.138. The van der Waals surface area contributed by atoms with Gasteiger partial charge in [-0.05, 0) is 32.5 Å². The highest BCUT2D eigenvalue weighted by molar-refractivity contribution is 5.81. The number of carbonyl (C=O) groups is 1. The Morgan fingerprint density at radius 2 is 1.58 bits per heavy atom. The van der Waals surface area contributed by atoms with Gasteiger partial charge in [0.1, 0.15) is 0 Å². The number of piperazine rings is 2. The number of anilines is 1. The lowest BCUT2D eigenvalue weighted by Gasteiger charge is -2.41. The van der Waals surface area contributed by atoms with E-state index in [2.05, 4.69) is 59.9 Å². The van der Waals surface area contributed by atoms with E-state index in [-0.39, 0.29) is 6.04 Å². The number of para-hydroxylation sites is 1. The van der Waals surface area contributed by atoms with Gasteiger partial charge in [0.25, 0.3) is 0 Å². The van der Waals surface area contributed by atoms with Gasteiger partial charge in [0.05, 0.1) is 6.04 Å². The molecule has 2 heterocycles. The average molecular weight is 330 g/mol. The number of nitrogens with zero attached hydrogens (tertiary/aromatic N) is 4. The zero-order chi connectivity index (χ0) is 17.1. The third-order valence-electron chi connectivity index (χ3n) is 5.49. The van der Waals surface area contributed by atoms with Crippen molar-refractivity contribution in [1.82, 2.24) is 14.7 Å². The molecular formula is C19H30N4O. The van der Waals surface area contributed by atoms with Crippen molar-refractivity contribution in [2.45, 2.75) is 19.9 Å². The van der Waals surface area contributed by atoms with Crippen LogP contribution in [0.1, 0.15) is 12.5 Å².